The number of nitrogens with two attached hydrogens (primary N) is 1. The van der Waals surface area contributed by atoms with Crippen LogP contribution in [0.3, 0.4) is 0 Å². The molecule has 0 unspecified atom stereocenters. The number of aromatic nitrogens is 6. The SMILES string of the molecule is C[C@@H](Nc1nc(N)c2c(-c3ccc4nccn4n3)ccn2n1)C(F)(F)F. The van der Waals surface area contributed by atoms with E-state index in [0.717, 1.165) is 6.92 Å². The highest BCUT2D eigenvalue weighted by atomic mass is 19.4. The Labute approximate surface area is 144 Å². The number of nitrogens with one attached hydrogen (secondary N) is 1. The Balaban J connectivity index is 1.76. The summed E-state index contributed by atoms with van der Waals surface area (Å²) < 4.78 is 41.1. The van der Waals surface area contributed by atoms with Gasteiger partial charge in [-0.05, 0) is 25.1 Å². The normalized spacial score (nSPS) is 13.4. The lowest BCUT2D eigenvalue weighted by molar-refractivity contribution is -0.138. The lowest BCUT2D eigenvalue weighted by atomic mass is 10.2. The molecule has 3 N–H and O–H groups in total. The molecule has 0 aliphatic carbocycles. The molecule has 4 rings (SSSR count). The number of nitrogen functional groups attached to an aromatic ring is 1. The summed E-state index contributed by atoms with van der Waals surface area (Å²) in [5, 5.41) is 10.7. The van der Waals surface area contributed by atoms with E-state index in [1.54, 1.807) is 41.3 Å². The minimum absolute atomic E-state index is 0.0457. The summed E-state index contributed by atoms with van der Waals surface area (Å²) in [4.78, 5) is 8.08. The van der Waals surface area contributed by atoms with Gasteiger partial charge in [-0.2, -0.15) is 23.3 Å². The second-order valence-corrected chi connectivity index (χ2v) is 5.70. The zero-order valence-electron chi connectivity index (χ0n) is 13.4. The van der Waals surface area contributed by atoms with Crippen molar-refractivity contribution in [1.29, 1.82) is 0 Å². The predicted molar refractivity (Wildman–Crippen MR) is 88.5 cm³/mol. The summed E-state index contributed by atoms with van der Waals surface area (Å²) in [6.45, 7) is 0.981. The molecule has 0 bridgehead atoms. The first-order valence-electron chi connectivity index (χ1n) is 7.62. The molecule has 8 nitrogen and oxygen atoms in total. The number of halogens is 3. The molecule has 4 aromatic rings. The first-order chi connectivity index (χ1) is 12.3. The Kier molecular flexibility index (Phi) is 3.46. The van der Waals surface area contributed by atoms with Crippen LogP contribution < -0.4 is 11.1 Å². The molecule has 0 aliphatic rings. The van der Waals surface area contributed by atoms with Crippen molar-refractivity contribution in [3.8, 4) is 11.3 Å². The van der Waals surface area contributed by atoms with Gasteiger partial charge in [0, 0.05) is 24.2 Å². The van der Waals surface area contributed by atoms with Gasteiger partial charge in [0.15, 0.2) is 11.5 Å². The number of rotatable bonds is 3. The van der Waals surface area contributed by atoms with Crippen molar-refractivity contribution >= 4 is 22.9 Å². The van der Waals surface area contributed by atoms with Crippen molar-refractivity contribution in [2.75, 3.05) is 11.1 Å². The van der Waals surface area contributed by atoms with Crippen LogP contribution in [0.4, 0.5) is 24.9 Å². The number of anilines is 2. The number of fused-ring (bicyclic) bond motifs is 2. The molecule has 11 heteroatoms. The highest BCUT2D eigenvalue weighted by Crippen LogP contribution is 2.28. The molecule has 1 atom stereocenters. The zero-order valence-corrected chi connectivity index (χ0v) is 13.4. The molecule has 0 amide bonds. The minimum Gasteiger partial charge on any atom is -0.382 e. The predicted octanol–water partition coefficient (Wildman–Crippen LogP) is 2.38. The van der Waals surface area contributed by atoms with E-state index in [4.69, 9.17) is 5.73 Å². The standard InChI is InChI=1S/C15H13F3N8/c1-8(15(16,17)18)21-14-22-13(19)12-9(4-6-26(12)24-14)10-2-3-11-20-5-7-25(11)23-10/h2-8H,1H3,(H3,19,21,22,24)/t8-/m1/s1. The average Bonchev–Trinajstić information content (AvgIpc) is 3.19. The van der Waals surface area contributed by atoms with E-state index in [1.165, 1.54) is 4.52 Å². The second kappa shape index (κ2) is 5.58. The second-order valence-electron chi connectivity index (χ2n) is 5.70. The number of hydrogen-bond acceptors (Lipinski definition) is 6. The van der Waals surface area contributed by atoms with Gasteiger partial charge in [0.25, 0.3) is 0 Å². The van der Waals surface area contributed by atoms with Gasteiger partial charge >= 0.3 is 6.18 Å². The molecule has 4 aromatic heterocycles. The first-order valence-corrected chi connectivity index (χ1v) is 7.62. The van der Waals surface area contributed by atoms with Crippen LogP contribution in [0.1, 0.15) is 6.92 Å². The topological polar surface area (TPSA) is 98.4 Å². The molecule has 26 heavy (non-hydrogen) atoms. The molecule has 0 saturated heterocycles. The molecular formula is C15H13F3N8. The Hall–Kier alpha value is -3.37. The number of hydrogen-bond donors (Lipinski definition) is 2. The van der Waals surface area contributed by atoms with Crippen LogP contribution in [0.15, 0.2) is 36.8 Å². The van der Waals surface area contributed by atoms with Crippen molar-refractivity contribution in [1.82, 2.24) is 29.2 Å². The van der Waals surface area contributed by atoms with E-state index in [-0.39, 0.29) is 11.8 Å². The van der Waals surface area contributed by atoms with Crippen LogP contribution in [0.2, 0.25) is 0 Å². The van der Waals surface area contributed by atoms with Crippen molar-refractivity contribution in [3.63, 3.8) is 0 Å². The Morgan fingerprint density at radius 1 is 1.12 bits per heavy atom. The highest BCUT2D eigenvalue weighted by Gasteiger charge is 2.36. The fourth-order valence-corrected chi connectivity index (χ4v) is 2.55. The van der Waals surface area contributed by atoms with Crippen molar-refractivity contribution < 1.29 is 13.2 Å². The van der Waals surface area contributed by atoms with Gasteiger partial charge in [-0.25, -0.2) is 14.0 Å². The molecule has 0 aliphatic heterocycles. The fraction of sp³-hybridized carbons (Fsp3) is 0.200. The van der Waals surface area contributed by atoms with Gasteiger partial charge in [0.1, 0.15) is 11.6 Å². The van der Waals surface area contributed by atoms with E-state index < -0.39 is 12.2 Å². The van der Waals surface area contributed by atoms with Gasteiger partial charge in [-0.1, -0.05) is 0 Å². The van der Waals surface area contributed by atoms with Gasteiger partial charge in [0.05, 0.1) is 5.69 Å². The molecule has 0 radical (unpaired) electrons. The van der Waals surface area contributed by atoms with Gasteiger partial charge in [-0.15, -0.1) is 5.10 Å². The third-order valence-corrected chi connectivity index (χ3v) is 3.91. The highest BCUT2D eigenvalue weighted by molar-refractivity contribution is 5.86. The van der Waals surface area contributed by atoms with Crippen molar-refractivity contribution in [3.05, 3.63) is 36.8 Å². The maximum atomic E-state index is 12.7. The summed E-state index contributed by atoms with van der Waals surface area (Å²) in [5.74, 6) is -0.163. The number of imidazole rings is 1. The monoisotopic (exact) mass is 362 g/mol. The van der Waals surface area contributed by atoms with E-state index in [9.17, 15) is 13.2 Å². The molecular weight excluding hydrogens is 349 g/mol. The molecule has 134 valence electrons. The van der Waals surface area contributed by atoms with Crippen LogP contribution in [-0.4, -0.2) is 41.4 Å². The van der Waals surface area contributed by atoms with E-state index in [2.05, 4.69) is 25.5 Å². The third kappa shape index (κ3) is 2.66. The zero-order chi connectivity index (χ0) is 18.5. The molecule has 0 saturated carbocycles. The van der Waals surface area contributed by atoms with Gasteiger partial charge < -0.3 is 11.1 Å². The minimum atomic E-state index is -4.42. The van der Waals surface area contributed by atoms with Gasteiger partial charge in [-0.3, -0.25) is 0 Å². The largest absolute Gasteiger partial charge is 0.408 e. The summed E-state index contributed by atoms with van der Waals surface area (Å²) in [5.41, 5.74) is 8.40. The van der Waals surface area contributed by atoms with Crippen LogP contribution >= 0.6 is 0 Å². The lowest BCUT2D eigenvalue weighted by Crippen LogP contribution is -2.34. The Morgan fingerprint density at radius 3 is 2.69 bits per heavy atom. The van der Waals surface area contributed by atoms with Crippen LogP contribution in [0, 0.1) is 0 Å². The van der Waals surface area contributed by atoms with E-state index >= 15 is 0 Å². The van der Waals surface area contributed by atoms with Crippen molar-refractivity contribution in [2.24, 2.45) is 0 Å². The maximum Gasteiger partial charge on any atom is 0.408 e. The summed E-state index contributed by atoms with van der Waals surface area (Å²) >= 11 is 0. The smallest absolute Gasteiger partial charge is 0.382 e. The summed E-state index contributed by atoms with van der Waals surface area (Å²) in [7, 11) is 0. The maximum absolute atomic E-state index is 12.7. The van der Waals surface area contributed by atoms with Gasteiger partial charge in [0.2, 0.25) is 5.95 Å². The van der Waals surface area contributed by atoms with Crippen molar-refractivity contribution in [2.45, 2.75) is 19.1 Å². The van der Waals surface area contributed by atoms with E-state index in [1.807, 2.05) is 0 Å². The summed E-state index contributed by atoms with van der Waals surface area (Å²) in [6, 6.07) is 3.49. The van der Waals surface area contributed by atoms with Crippen LogP contribution in [0.5, 0.6) is 0 Å². The van der Waals surface area contributed by atoms with E-state index in [0.29, 0.717) is 22.4 Å². The lowest BCUT2D eigenvalue weighted by Gasteiger charge is -2.17. The molecule has 0 aromatic carbocycles. The molecule has 0 spiro atoms. The average molecular weight is 362 g/mol. The number of nitrogens with zero attached hydrogens (tertiary/aromatic N) is 6. The molecule has 0 fully saturated rings. The summed E-state index contributed by atoms with van der Waals surface area (Å²) in [6.07, 6.45) is 0.504. The Bertz CT molecular complexity index is 1100. The first kappa shape index (κ1) is 16.1. The van der Waals surface area contributed by atoms with Crippen LogP contribution in [-0.2, 0) is 0 Å². The Morgan fingerprint density at radius 2 is 1.92 bits per heavy atom. The fourth-order valence-electron chi connectivity index (χ4n) is 2.55. The number of alkyl halides is 3. The molecule has 4 heterocycles. The third-order valence-electron chi connectivity index (χ3n) is 3.91. The van der Waals surface area contributed by atoms with Crippen LogP contribution in [0.25, 0.3) is 22.4 Å². The quantitative estimate of drug-likeness (QED) is 0.581.